The molecule has 3 rings (SSSR count). The van der Waals surface area contributed by atoms with E-state index in [0.29, 0.717) is 14.7 Å². The lowest BCUT2D eigenvalue weighted by Crippen LogP contribution is -2.36. The van der Waals surface area contributed by atoms with Crippen LogP contribution in [0.4, 0.5) is 0 Å². The van der Waals surface area contributed by atoms with Crippen molar-refractivity contribution < 1.29 is 13.2 Å². The summed E-state index contributed by atoms with van der Waals surface area (Å²) < 4.78 is 25.8. The van der Waals surface area contributed by atoms with Crippen molar-refractivity contribution in [2.45, 2.75) is 16.8 Å². The van der Waals surface area contributed by atoms with Gasteiger partial charge in [0.1, 0.15) is 0 Å². The van der Waals surface area contributed by atoms with Gasteiger partial charge in [-0.05, 0) is 30.8 Å². The van der Waals surface area contributed by atoms with Crippen LogP contribution in [-0.4, -0.2) is 47.4 Å². The topological polar surface area (TPSA) is 81.1 Å². The highest BCUT2D eigenvalue weighted by molar-refractivity contribution is 8.01. The van der Waals surface area contributed by atoms with Crippen LogP contribution < -0.4 is 5.32 Å². The Morgan fingerprint density at radius 3 is 2.83 bits per heavy atom. The van der Waals surface area contributed by atoms with Crippen LogP contribution in [0.5, 0.6) is 0 Å². The molecule has 0 aliphatic carbocycles. The zero-order valence-electron chi connectivity index (χ0n) is 12.5. The maximum absolute atomic E-state index is 12.0. The first kappa shape index (κ1) is 17.6. The average molecular weight is 402 g/mol. The summed E-state index contributed by atoms with van der Waals surface area (Å²) in [7, 11) is -2.99. The van der Waals surface area contributed by atoms with Crippen molar-refractivity contribution in [3.8, 4) is 5.69 Å². The zero-order chi connectivity index (χ0) is 17.2. The van der Waals surface area contributed by atoms with Crippen molar-refractivity contribution in [3.63, 3.8) is 0 Å². The Kier molecular flexibility index (Phi) is 5.38. The van der Waals surface area contributed by atoms with E-state index < -0.39 is 9.84 Å². The minimum Gasteiger partial charge on any atom is -0.352 e. The fourth-order valence-electron chi connectivity index (χ4n) is 2.36. The lowest BCUT2D eigenvalue weighted by Gasteiger charge is -2.09. The van der Waals surface area contributed by atoms with Gasteiger partial charge in [0, 0.05) is 6.04 Å². The molecule has 2 aromatic rings. The summed E-state index contributed by atoms with van der Waals surface area (Å²) in [4.78, 5) is 12.0. The lowest BCUT2D eigenvalue weighted by atomic mass is 10.3. The Labute approximate surface area is 153 Å². The first-order valence-corrected chi connectivity index (χ1v) is 11.2. The molecule has 128 valence electrons. The zero-order valence-corrected chi connectivity index (χ0v) is 15.8. The second-order valence-corrected chi connectivity index (χ2v) is 10.4. The SMILES string of the molecule is O=C(CSc1nn(-c2ccccc2)c(=S)s1)N[C@H]1CCS(=O)(=O)C1. The number of para-hydroxylation sites is 1. The van der Waals surface area contributed by atoms with Crippen LogP contribution in [0.2, 0.25) is 0 Å². The van der Waals surface area contributed by atoms with Crippen molar-refractivity contribution in [1.29, 1.82) is 0 Å². The van der Waals surface area contributed by atoms with Gasteiger partial charge in [-0.2, -0.15) is 0 Å². The molecule has 0 unspecified atom stereocenters. The highest BCUT2D eigenvalue weighted by Crippen LogP contribution is 2.24. The third-order valence-corrected chi connectivity index (χ3v) is 7.59. The predicted octanol–water partition coefficient (Wildman–Crippen LogP) is 2.06. The van der Waals surface area contributed by atoms with Crippen molar-refractivity contribution in [1.82, 2.24) is 15.1 Å². The van der Waals surface area contributed by atoms with E-state index in [2.05, 4.69) is 10.4 Å². The van der Waals surface area contributed by atoms with E-state index in [-0.39, 0.29) is 29.2 Å². The number of thioether (sulfide) groups is 1. The molecule has 10 heteroatoms. The Balaban J connectivity index is 1.57. The highest BCUT2D eigenvalue weighted by atomic mass is 32.2. The van der Waals surface area contributed by atoms with Gasteiger partial charge in [0.15, 0.2) is 18.1 Å². The molecule has 1 aliphatic heterocycles. The number of hydrogen-bond donors (Lipinski definition) is 1. The van der Waals surface area contributed by atoms with Crippen molar-refractivity contribution in [2.75, 3.05) is 17.3 Å². The molecule has 2 heterocycles. The Hall–Kier alpha value is -1.23. The van der Waals surface area contributed by atoms with Gasteiger partial charge in [0.2, 0.25) is 5.91 Å². The average Bonchev–Trinajstić information content (AvgIpc) is 3.08. The van der Waals surface area contributed by atoms with Crippen LogP contribution in [0.1, 0.15) is 6.42 Å². The number of hydrogen-bond acceptors (Lipinski definition) is 7. The smallest absolute Gasteiger partial charge is 0.230 e. The normalized spacial score (nSPS) is 19.2. The highest BCUT2D eigenvalue weighted by Gasteiger charge is 2.28. The second kappa shape index (κ2) is 7.34. The fraction of sp³-hybridized carbons (Fsp3) is 0.357. The van der Waals surface area contributed by atoms with Gasteiger partial charge < -0.3 is 5.32 Å². The molecule has 0 radical (unpaired) electrons. The molecule has 1 N–H and O–H groups in total. The standard InChI is InChI=1S/C14H15N3O3S4/c18-12(15-10-6-7-24(19,20)9-10)8-22-13-16-17(14(21)23-13)11-4-2-1-3-5-11/h1-5,10H,6-9H2,(H,15,18)/t10-/m0/s1. The molecule has 1 aliphatic rings. The largest absolute Gasteiger partial charge is 0.352 e. The molecular formula is C14H15N3O3S4. The van der Waals surface area contributed by atoms with Gasteiger partial charge in [-0.1, -0.05) is 41.3 Å². The van der Waals surface area contributed by atoms with E-state index in [9.17, 15) is 13.2 Å². The van der Waals surface area contributed by atoms with E-state index in [0.717, 1.165) is 5.69 Å². The minimum absolute atomic E-state index is 0.0327. The molecule has 1 aromatic carbocycles. The van der Waals surface area contributed by atoms with E-state index >= 15 is 0 Å². The van der Waals surface area contributed by atoms with Crippen LogP contribution in [0.3, 0.4) is 0 Å². The number of aromatic nitrogens is 2. The van der Waals surface area contributed by atoms with Gasteiger partial charge in [0.05, 0.1) is 22.9 Å². The van der Waals surface area contributed by atoms with Crippen molar-refractivity contribution in [3.05, 3.63) is 34.3 Å². The summed E-state index contributed by atoms with van der Waals surface area (Å²) in [5, 5.41) is 7.19. The van der Waals surface area contributed by atoms with Gasteiger partial charge in [-0.15, -0.1) is 5.10 Å². The second-order valence-electron chi connectivity index (χ2n) is 5.34. The number of benzene rings is 1. The molecule has 1 fully saturated rings. The molecule has 6 nitrogen and oxygen atoms in total. The van der Waals surface area contributed by atoms with Crippen LogP contribution in [-0.2, 0) is 14.6 Å². The molecular weight excluding hydrogens is 386 g/mol. The number of nitrogens with one attached hydrogen (secondary N) is 1. The summed E-state index contributed by atoms with van der Waals surface area (Å²) in [5.41, 5.74) is 0.881. The molecule has 0 bridgehead atoms. The molecule has 24 heavy (non-hydrogen) atoms. The first-order valence-electron chi connectivity index (χ1n) is 7.21. The first-order chi connectivity index (χ1) is 11.4. The third-order valence-electron chi connectivity index (χ3n) is 3.45. The summed E-state index contributed by atoms with van der Waals surface area (Å²) in [6, 6.07) is 9.29. The molecule has 1 saturated heterocycles. The van der Waals surface area contributed by atoms with E-state index in [1.165, 1.54) is 23.1 Å². The van der Waals surface area contributed by atoms with E-state index in [1.807, 2.05) is 30.3 Å². The lowest BCUT2D eigenvalue weighted by molar-refractivity contribution is -0.119. The number of amides is 1. The molecule has 1 atom stereocenters. The van der Waals surface area contributed by atoms with Crippen molar-refractivity contribution in [2.24, 2.45) is 0 Å². The van der Waals surface area contributed by atoms with Gasteiger partial charge in [-0.3, -0.25) is 4.79 Å². The fourth-order valence-corrected chi connectivity index (χ4v) is 6.20. The summed E-state index contributed by atoms with van der Waals surface area (Å²) in [5.74, 6) is 0.182. The quantitative estimate of drug-likeness (QED) is 0.610. The number of sulfone groups is 1. The van der Waals surface area contributed by atoms with Crippen LogP contribution in [0.25, 0.3) is 5.69 Å². The van der Waals surface area contributed by atoms with Gasteiger partial charge in [0.25, 0.3) is 0 Å². The Morgan fingerprint density at radius 1 is 1.42 bits per heavy atom. The van der Waals surface area contributed by atoms with E-state index in [1.54, 1.807) is 4.68 Å². The summed E-state index contributed by atoms with van der Waals surface area (Å²) in [6.45, 7) is 0. The van der Waals surface area contributed by atoms with Gasteiger partial charge in [-0.25, -0.2) is 13.1 Å². The van der Waals surface area contributed by atoms with Crippen LogP contribution >= 0.6 is 35.3 Å². The number of rotatable bonds is 5. The summed E-state index contributed by atoms with van der Waals surface area (Å²) >= 11 is 7.96. The minimum atomic E-state index is -2.99. The van der Waals surface area contributed by atoms with Gasteiger partial charge >= 0.3 is 0 Å². The number of carbonyl (C=O) groups excluding carboxylic acids is 1. The van der Waals surface area contributed by atoms with Crippen LogP contribution in [0, 0.1) is 3.95 Å². The van der Waals surface area contributed by atoms with Crippen LogP contribution in [0.15, 0.2) is 34.7 Å². The van der Waals surface area contributed by atoms with Crippen molar-refractivity contribution >= 4 is 51.1 Å². The maximum atomic E-state index is 12.0. The summed E-state index contributed by atoms with van der Waals surface area (Å²) in [6.07, 6.45) is 0.486. The molecule has 0 spiro atoms. The Morgan fingerprint density at radius 2 is 2.17 bits per heavy atom. The maximum Gasteiger partial charge on any atom is 0.230 e. The molecule has 0 saturated carbocycles. The third kappa shape index (κ3) is 4.44. The molecule has 1 aromatic heterocycles. The Bertz CT molecular complexity index is 889. The predicted molar refractivity (Wildman–Crippen MR) is 98.2 cm³/mol. The molecule has 1 amide bonds. The van der Waals surface area contributed by atoms with E-state index in [4.69, 9.17) is 12.2 Å². The number of nitrogens with zero attached hydrogens (tertiary/aromatic N) is 2. The number of carbonyl (C=O) groups is 1. The monoisotopic (exact) mass is 401 g/mol.